The fourth-order valence-electron chi connectivity index (χ4n) is 2.48. The highest BCUT2D eigenvalue weighted by molar-refractivity contribution is 5.25. The molecule has 3 nitrogen and oxygen atoms in total. The Kier molecular flexibility index (Phi) is 7.72. The lowest BCUT2D eigenvalue weighted by molar-refractivity contribution is 0.0599. The first-order valence-corrected chi connectivity index (χ1v) is 7.06. The molecule has 0 bridgehead atoms. The lowest BCUT2D eigenvalue weighted by Crippen LogP contribution is -2.37. The summed E-state index contributed by atoms with van der Waals surface area (Å²) in [6.45, 7) is 5.33. The minimum Gasteiger partial charge on any atom is -0.382 e. The van der Waals surface area contributed by atoms with E-state index < -0.39 is 0 Å². The van der Waals surface area contributed by atoms with Crippen LogP contribution in [0.15, 0.2) is 30.3 Å². The molecule has 0 aromatic heterocycles. The van der Waals surface area contributed by atoms with E-state index >= 15 is 0 Å². The van der Waals surface area contributed by atoms with Gasteiger partial charge in [-0.3, -0.25) is 0 Å². The fourth-order valence-corrected chi connectivity index (χ4v) is 2.48. The molecule has 1 N–H and O–H groups in total. The van der Waals surface area contributed by atoms with Gasteiger partial charge in [-0.2, -0.15) is 0 Å². The molecule has 1 aromatic carbocycles. The molecule has 19 heavy (non-hydrogen) atoms. The summed E-state index contributed by atoms with van der Waals surface area (Å²) >= 11 is 0. The molecular formula is C16H27NO2. The first-order valence-electron chi connectivity index (χ1n) is 7.06. The highest BCUT2D eigenvalue weighted by atomic mass is 16.5. The van der Waals surface area contributed by atoms with Gasteiger partial charge >= 0.3 is 0 Å². The maximum atomic E-state index is 5.65. The van der Waals surface area contributed by atoms with Gasteiger partial charge in [0.2, 0.25) is 0 Å². The van der Waals surface area contributed by atoms with Crippen molar-refractivity contribution in [2.45, 2.75) is 25.2 Å². The Bertz CT molecular complexity index is 329. The summed E-state index contributed by atoms with van der Waals surface area (Å²) in [5.74, 6) is 0. The first kappa shape index (κ1) is 16.2. The van der Waals surface area contributed by atoms with Crippen molar-refractivity contribution in [3.05, 3.63) is 35.9 Å². The number of benzene rings is 1. The Morgan fingerprint density at radius 3 is 2.42 bits per heavy atom. The normalized spacial score (nSPS) is 14.3. The van der Waals surface area contributed by atoms with Crippen LogP contribution in [0.25, 0.3) is 0 Å². The number of rotatable bonds is 10. The van der Waals surface area contributed by atoms with Crippen LogP contribution in [-0.2, 0) is 14.9 Å². The molecule has 0 radical (unpaired) electrons. The van der Waals surface area contributed by atoms with Crippen LogP contribution in [0.2, 0.25) is 0 Å². The van der Waals surface area contributed by atoms with Gasteiger partial charge < -0.3 is 14.8 Å². The average Bonchev–Trinajstić information content (AvgIpc) is 2.47. The zero-order chi connectivity index (χ0) is 14.0. The highest BCUT2D eigenvalue weighted by Gasteiger charge is 2.29. The van der Waals surface area contributed by atoms with E-state index in [2.05, 4.69) is 42.6 Å². The first-order chi connectivity index (χ1) is 9.29. The van der Waals surface area contributed by atoms with Crippen LogP contribution < -0.4 is 5.32 Å². The van der Waals surface area contributed by atoms with E-state index in [-0.39, 0.29) is 5.41 Å². The molecule has 108 valence electrons. The smallest absolute Gasteiger partial charge is 0.0700 e. The Morgan fingerprint density at radius 2 is 1.84 bits per heavy atom. The molecule has 0 saturated heterocycles. The maximum Gasteiger partial charge on any atom is 0.0700 e. The van der Waals surface area contributed by atoms with Gasteiger partial charge in [-0.15, -0.1) is 0 Å². The van der Waals surface area contributed by atoms with Gasteiger partial charge in [0.25, 0.3) is 0 Å². The zero-order valence-electron chi connectivity index (χ0n) is 12.4. The average molecular weight is 265 g/mol. The predicted octanol–water partition coefficient (Wildman–Crippen LogP) is 2.61. The molecule has 0 saturated carbocycles. The van der Waals surface area contributed by atoms with Crippen LogP contribution in [0.1, 0.15) is 25.3 Å². The second kappa shape index (κ2) is 9.08. The van der Waals surface area contributed by atoms with Gasteiger partial charge in [-0.1, -0.05) is 37.3 Å². The SMILES string of the molecule is CCC(CCOCCOC)(CNC)c1ccccc1. The third kappa shape index (κ3) is 4.94. The van der Waals surface area contributed by atoms with Crippen LogP contribution in [0.3, 0.4) is 0 Å². The summed E-state index contributed by atoms with van der Waals surface area (Å²) in [7, 11) is 3.71. The number of ether oxygens (including phenoxy) is 2. The maximum absolute atomic E-state index is 5.65. The van der Waals surface area contributed by atoms with Crippen LogP contribution in [-0.4, -0.2) is 40.5 Å². The molecule has 0 amide bonds. The third-order valence-corrected chi connectivity index (χ3v) is 3.73. The quantitative estimate of drug-likeness (QED) is 0.660. The largest absolute Gasteiger partial charge is 0.382 e. The van der Waals surface area contributed by atoms with Crippen LogP contribution >= 0.6 is 0 Å². The molecule has 0 heterocycles. The van der Waals surface area contributed by atoms with Gasteiger partial charge in [0.1, 0.15) is 0 Å². The second-order valence-corrected chi connectivity index (χ2v) is 4.89. The van der Waals surface area contributed by atoms with Crippen LogP contribution in [0.5, 0.6) is 0 Å². The predicted molar refractivity (Wildman–Crippen MR) is 79.6 cm³/mol. The molecule has 3 heteroatoms. The van der Waals surface area contributed by atoms with E-state index in [0.29, 0.717) is 13.2 Å². The van der Waals surface area contributed by atoms with Crippen molar-refractivity contribution in [1.82, 2.24) is 5.32 Å². The van der Waals surface area contributed by atoms with E-state index in [1.54, 1.807) is 7.11 Å². The van der Waals surface area contributed by atoms with Crippen LogP contribution in [0, 0.1) is 0 Å². The van der Waals surface area contributed by atoms with E-state index in [4.69, 9.17) is 9.47 Å². The van der Waals surface area contributed by atoms with Crippen molar-refractivity contribution >= 4 is 0 Å². The van der Waals surface area contributed by atoms with E-state index in [9.17, 15) is 0 Å². The molecule has 1 rings (SSSR count). The Balaban J connectivity index is 2.65. The lowest BCUT2D eigenvalue weighted by Gasteiger charge is -2.33. The minimum atomic E-state index is 0.156. The molecule has 1 unspecified atom stereocenters. The topological polar surface area (TPSA) is 30.5 Å². The summed E-state index contributed by atoms with van der Waals surface area (Å²) < 4.78 is 10.6. The summed E-state index contributed by atoms with van der Waals surface area (Å²) in [6, 6.07) is 10.7. The molecule has 0 aliphatic rings. The Hall–Kier alpha value is -0.900. The number of nitrogens with one attached hydrogen (secondary N) is 1. The summed E-state index contributed by atoms with van der Waals surface area (Å²) in [6.07, 6.45) is 2.13. The Labute approximate surface area is 117 Å². The second-order valence-electron chi connectivity index (χ2n) is 4.89. The van der Waals surface area contributed by atoms with E-state index in [0.717, 1.165) is 26.0 Å². The van der Waals surface area contributed by atoms with Crippen molar-refractivity contribution in [2.24, 2.45) is 0 Å². The lowest BCUT2D eigenvalue weighted by atomic mass is 9.75. The Morgan fingerprint density at radius 1 is 1.11 bits per heavy atom. The number of hydrogen-bond acceptors (Lipinski definition) is 3. The molecule has 0 spiro atoms. The van der Waals surface area contributed by atoms with Gasteiger partial charge in [-0.05, 0) is 25.5 Å². The number of methoxy groups -OCH3 is 1. The van der Waals surface area contributed by atoms with Gasteiger partial charge in [-0.25, -0.2) is 0 Å². The highest BCUT2D eigenvalue weighted by Crippen LogP contribution is 2.31. The van der Waals surface area contributed by atoms with Crippen LogP contribution in [0.4, 0.5) is 0 Å². The molecule has 0 fully saturated rings. The van der Waals surface area contributed by atoms with Crippen molar-refractivity contribution < 1.29 is 9.47 Å². The summed E-state index contributed by atoms with van der Waals surface area (Å²) in [4.78, 5) is 0. The fraction of sp³-hybridized carbons (Fsp3) is 0.625. The third-order valence-electron chi connectivity index (χ3n) is 3.73. The van der Waals surface area contributed by atoms with Crippen molar-refractivity contribution in [2.75, 3.05) is 40.5 Å². The standard InChI is InChI=1S/C16H27NO2/c1-4-16(14-17-2,10-11-19-13-12-18-3)15-8-6-5-7-9-15/h5-9,17H,4,10-14H2,1-3H3. The molecule has 1 atom stereocenters. The number of likely N-dealkylation sites (N-methyl/N-ethyl adjacent to an activating group) is 1. The van der Waals surface area contributed by atoms with Gasteiger partial charge in [0.15, 0.2) is 0 Å². The van der Waals surface area contributed by atoms with Gasteiger partial charge in [0.05, 0.1) is 13.2 Å². The van der Waals surface area contributed by atoms with Crippen molar-refractivity contribution in [3.63, 3.8) is 0 Å². The summed E-state index contributed by atoms with van der Waals surface area (Å²) in [5, 5.41) is 3.33. The van der Waals surface area contributed by atoms with E-state index in [1.807, 2.05) is 7.05 Å². The molecule has 0 aliphatic heterocycles. The molecule has 1 aromatic rings. The molecular weight excluding hydrogens is 238 g/mol. The zero-order valence-corrected chi connectivity index (χ0v) is 12.4. The summed E-state index contributed by atoms with van der Waals surface area (Å²) in [5.41, 5.74) is 1.55. The van der Waals surface area contributed by atoms with Crippen molar-refractivity contribution in [3.8, 4) is 0 Å². The van der Waals surface area contributed by atoms with E-state index in [1.165, 1.54) is 5.56 Å². The molecule has 0 aliphatic carbocycles. The van der Waals surface area contributed by atoms with Gasteiger partial charge in [0, 0.05) is 25.7 Å². The monoisotopic (exact) mass is 265 g/mol. The number of hydrogen-bond donors (Lipinski definition) is 1. The van der Waals surface area contributed by atoms with Crippen molar-refractivity contribution in [1.29, 1.82) is 0 Å². The minimum absolute atomic E-state index is 0.156.